The topological polar surface area (TPSA) is 63.8 Å². The maximum atomic E-state index is 5.58. The van der Waals surface area contributed by atoms with E-state index in [9.17, 15) is 0 Å². The van der Waals surface area contributed by atoms with E-state index >= 15 is 0 Å². The molecular formula is C13H16N4. The molecular weight excluding hydrogens is 212 g/mol. The number of anilines is 3. The lowest BCUT2D eigenvalue weighted by molar-refractivity contribution is 0.867. The van der Waals surface area contributed by atoms with E-state index in [1.807, 2.05) is 12.1 Å². The van der Waals surface area contributed by atoms with Crippen molar-refractivity contribution in [1.29, 1.82) is 0 Å². The van der Waals surface area contributed by atoms with Gasteiger partial charge in [-0.05, 0) is 23.6 Å². The van der Waals surface area contributed by atoms with E-state index in [2.05, 4.69) is 41.3 Å². The lowest BCUT2D eigenvalue weighted by Gasteiger charge is -2.09. The van der Waals surface area contributed by atoms with Gasteiger partial charge in [0.25, 0.3) is 0 Å². The Labute approximate surface area is 101 Å². The second kappa shape index (κ2) is 4.82. The third-order valence-electron chi connectivity index (χ3n) is 2.48. The van der Waals surface area contributed by atoms with Gasteiger partial charge in [-0.3, -0.25) is 4.98 Å². The molecule has 1 heterocycles. The minimum absolute atomic E-state index is 0.412. The average molecular weight is 228 g/mol. The first-order chi connectivity index (χ1) is 8.15. The Hall–Kier alpha value is -2.10. The summed E-state index contributed by atoms with van der Waals surface area (Å²) in [4.78, 5) is 8.14. The monoisotopic (exact) mass is 228 g/mol. The van der Waals surface area contributed by atoms with Gasteiger partial charge < -0.3 is 11.1 Å². The molecule has 0 fully saturated rings. The maximum absolute atomic E-state index is 5.58. The fourth-order valence-corrected chi connectivity index (χ4v) is 1.56. The molecule has 4 heteroatoms. The van der Waals surface area contributed by atoms with Crippen LogP contribution in [0.3, 0.4) is 0 Å². The molecule has 0 aliphatic carbocycles. The normalized spacial score (nSPS) is 10.5. The molecule has 2 rings (SSSR count). The van der Waals surface area contributed by atoms with Crippen molar-refractivity contribution in [2.45, 2.75) is 19.8 Å². The number of hydrogen-bond donors (Lipinski definition) is 2. The standard InChI is InChI=1S/C13H16N4/c1-9(2)10-4-3-5-11(6-10)16-13-8-15-7-12(14)17-13/h3-9H,1-2H3,(H3,14,16,17). The first-order valence-corrected chi connectivity index (χ1v) is 5.59. The lowest BCUT2D eigenvalue weighted by Crippen LogP contribution is -1.98. The van der Waals surface area contributed by atoms with Crippen molar-refractivity contribution in [1.82, 2.24) is 9.97 Å². The fourth-order valence-electron chi connectivity index (χ4n) is 1.56. The Morgan fingerprint density at radius 3 is 2.76 bits per heavy atom. The van der Waals surface area contributed by atoms with Crippen LogP contribution in [0, 0.1) is 0 Å². The van der Waals surface area contributed by atoms with E-state index in [0.29, 0.717) is 17.6 Å². The van der Waals surface area contributed by atoms with E-state index in [4.69, 9.17) is 5.73 Å². The molecule has 0 saturated carbocycles. The van der Waals surface area contributed by atoms with Crippen LogP contribution in [-0.2, 0) is 0 Å². The van der Waals surface area contributed by atoms with E-state index in [0.717, 1.165) is 5.69 Å². The summed E-state index contributed by atoms with van der Waals surface area (Å²) in [7, 11) is 0. The van der Waals surface area contributed by atoms with Gasteiger partial charge in [-0.25, -0.2) is 4.98 Å². The van der Waals surface area contributed by atoms with Crippen LogP contribution in [0.1, 0.15) is 25.3 Å². The third-order valence-corrected chi connectivity index (χ3v) is 2.48. The van der Waals surface area contributed by atoms with Gasteiger partial charge >= 0.3 is 0 Å². The highest BCUT2D eigenvalue weighted by Crippen LogP contribution is 2.20. The van der Waals surface area contributed by atoms with Gasteiger partial charge in [-0.15, -0.1) is 0 Å². The zero-order chi connectivity index (χ0) is 12.3. The first kappa shape index (κ1) is 11.4. The Morgan fingerprint density at radius 2 is 2.06 bits per heavy atom. The molecule has 0 aliphatic heterocycles. The van der Waals surface area contributed by atoms with Crippen molar-refractivity contribution >= 4 is 17.3 Å². The second-order valence-electron chi connectivity index (χ2n) is 4.23. The number of benzene rings is 1. The fraction of sp³-hybridized carbons (Fsp3) is 0.231. The summed E-state index contributed by atoms with van der Waals surface area (Å²) in [6, 6.07) is 8.24. The molecule has 0 spiro atoms. The minimum atomic E-state index is 0.412. The van der Waals surface area contributed by atoms with Gasteiger partial charge in [0.1, 0.15) is 5.82 Å². The molecule has 2 aromatic rings. The summed E-state index contributed by atoms with van der Waals surface area (Å²) >= 11 is 0. The molecule has 0 bridgehead atoms. The number of aromatic nitrogens is 2. The van der Waals surface area contributed by atoms with E-state index < -0.39 is 0 Å². The molecule has 0 radical (unpaired) electrons. The molecule has 4 nitrogen and oxygen atoms in total. The summed E-state index contributed by atoms with van der Waals surface area (Å²) in [6.07, 6.45) is 3.17. The summed E-state index contributed by atoms with van der Waals surface area (Å²) in [5, 5.41) is 3.19. The summed E-state index contributed by atoms with van der Waals surface area (Å²) in [6.45, 7) is 4.33. The number of hydrogen-bond acceptors (Lipinski definition) is 4. The SMILES string of the molecule is CC(C)c1cccc(Nc2cncc(N)n2)c1. The maximum Gasteiger partial charge on any atom is 0.151 e. The van der Waals surface area contributed by atoms with Gasteiger partial charge in [0.05, 0.1) is 12.4 Å². The summed E-state index contributed by atoms with van der Waals surface area (Å²) < 4.78 is 0. The van der Waals surface area contributed by atoms with E-state index in [-0.39, 0.29) is 0 Å². The predicted molar refractivity (Wildman–Crippen MR) is 70.3 cm³/mol. The molecule has 1 aromatic carbocycles. The van der Waals surface area contributed by atoms with Gasteiger partial charge in [0.2, 0.25) is 0 Å². The molecule has 0 aliphatic rings. The van der Waals surface area contributed by atoms with Crippen LogP contribution < -0.4 is 11.1 Å². The largest absolute Gasteiger partial charge is 0.382 e. The van der Waals surface area contributed by atoms with Crippen molar-refractivity contribution < 1.29 is 0 Å². The van der Waals surface area contributed by atoms with E-state index in [1.54, 1.807) is 6.20 Å². The molecule has 17 heavy (non-hydrogen) atoms. The van der Waals surface area contributed by atoms with Crippen LogP contribution in [0.5, 0.6) is 0 Å². The number of nitrogen functional groups attached to an aromatic ring is 1. The average Bonchev–Trinajstić information content (AvgIpc) is 2.29. The van der Waals surface area contributed by atoms with Crippen molar-refractivity contribution in [3.8, 4) is 0 Å². The Morgan fingerprint density at radius 1 is 1.24 bits per heavy atom. The molecule has 0 saturated heterocycles. The van der Waals surface area contributed by atoms with E-state index in [1.165, 1.54) is 11.8 Å². The van der Waals surface area contributed by atoms with Crippen molar-refractivity contribution in [3.63, 3.8) is 0 Å². The van der Waals surface area contributed by atoms with Crippen LogP contribution in [-0.4, -0.2) is 9.97 Å². The molecule has 0 amide bonds. The van der Waals surface area contributed by atoms with Crippen LogP contribution in [0.15, 0.2) is 36.7 Å². The van der Waals surface area contributed by atoms with Crippen molar-refractivity contribution in [3.05, 3.63) is 42.2 Å². The Balaban J connectivity index is 2.21. The third kappa shape index (κ3) is 2.93. The number of nitrogens with two attached hydrogens (primary N) is 1. The molecule has 1 aromatic heterocycles. The van der Waals surface area contributed by atoms with Crippen molar-refractivity contribution in [2.75, 3.05) is 11.1 Å². The van der Waals surface area contributed by atoms with Gasteiger partial charge in [0.15, 0.2) is 5.82 Å². The highest BCUT2D eigenvalue weighted by atomic mass is 15.0. The molecule has 3 N–H and O–H groups in total. The minimum Gasteiger partial charge on any atom is -0.382 e. The Bertz CT molecular complexity index is 508. The zero-order valence-electron chi connectivity index (χ0n) is 10.0. The number of rotatable bonds is 3. The smallest absolute Gasteiger partial charge is 0.151 e. The highest BCUT2D eigenvalue weighted by Gasteiger charge is 2.01. The molecule has 0 unspecified atom stereocenters. The van der Waals surface area contributed by atoms with Gasteiger partial charge in [-0.2, -0.15) is 0 Å². The quantitative estimate of drug-likeness (QED) is 0.847. The molecule has 88 valence electrons. The summed E-state index contributed by atoms with van der Waals surface area (Å²) in [5.41, 5.74) is 7.86. The zero-order valence-corrected chi connectivity index (χ0v) is 10.0. The van der Waals surface area contributed by atoms with Crippen LogP contribution in [0.25, 0.3) is 0 Å². The van der Waals surface area contributed by atoms with Crippen LogP contribution >= 0.6 is 0 Å². The lowest BCUT2D eigenvalue weighted by atomic mass is 10.0. The van der Waals surface area contributed by atoms with Gasteiger partial charge in [0, 0.05) is 5.69 Å². The predicted octanol–water partition coefficient (Wildman–Crippen LogP) is 2.93. The van der Waals surface area contributed by atoms with Crippen molar-refractivity contribution in [2.24, 2.45) is 0 Å². The number of nitrogens with one attached hydrogen (secondary N) is 1. The second-order valence-corrected chi connectivity index (χ2v) is 4.23. The van der Waals surface area contributed by atoms with Crippen LogP contribution in [0.4, 0.5) is 17.3 Å². The Kier molecular flexibility index (Phi) is 3.23. The summed E-state index contributed by atoms with van der Waals surface area (Å²) in [5.74, 6) is 1.57. The number of nitrogens with zero attached hydrogens (tertiary/aromatic N) is 2. The highest BCUT2D eigenvalue weighted by molar-refractivity contribution is 5.57. The first-order valence-electron chi connectivity index (χ1n) is 5.59. The van der Waals surface area contributed by atoms with Crippen LogP contribution in [0.2, 0.25) is 0 Å². The van der Waals surface area contributed by atoms with Gasteiger partial charge in [-0.1, -0.05) is 26.0 Å². The molecule has 0 atom stereocenters.